The van der Waals surface area contributed by atoms with E-state index in [9.17, 15) is 24.0 Å². The molecular formula is C50H66O10. The summed E-state index contributed by atoms with van der Waals surface area (Å²) in [6.45, 7) is 15.6. The van der Waals surface area contributed by atoms with Crippen molar-refractivity contribution in [3.8, 4) is 0 Å². The molecule has 0 aliphatic heterocycles. The van der Waals surface area contributed by atoms with Crippen LogP contribution in [0.3, 0.4) is 0 Å². The molecule has 3 aliphatic carbocycles. The van der Waals surface area contributed by atoms with Crippen LogP contribution >= 0.6 is 0 Å². The Bertz CT molecular complexity index is 1930. The zero-order chi connectivity index (χ0) is 43.9. The molecule has 0 saturated heterocycles. The van der Waals surface area contributed by atoms with Gasteiger partial charge in [0.05, 0.1) is 30.0 Å². The highest BCUT2D eigenvalue weighted by atomic mass is 16.6. The first-order valence-electron chi connectivity index (χ1n) is 21.7. The molecule has 0 fully saturated rings. The van der Waals surface area contributed by atoms with Gasteiger partial charge in [0.2, 0.25) is 0 Å². The van der Waals surface area contributed by atoms with E-state index < -0.39 is 17.4 Å². The Morgan fingerprint density at radius 1 is 0.600 bits per heavy atom. The smallest absolute Gasteiger partial charge is 0.344 e. The highest BCUT2D eigenvalue weighted by Gasteiger charge is 2.30. The normalized spacial score (nSPS) is 16.0. The molecule has 3 unspecified atom stereocenters. The fourth-order valence-corrected chi connectivity index (χ4v) is 6.68. The van der Waals surface area contributed by atoms with Crippen molar-refractivity contribution in [2.75, 3.05) is 26.4 Å². The van der Waals surface area contributed by atoms with Crippen LogP contribution in [0.25, 0.3) is 0 Å². The molecule has 10 nitrogen and oxygen atoms in total. The Kier molecular flexibility index (Phi) is 17.9. The van der Waals surface area contributed by atoms with E-state index in [1.54, 1.807) is 20.8 Å². The number of esters is 5. The van der Waals surface area contributed by atoms with Crippen LogP contribution in [0, 0.1) is 16.7 Å². The van der Waals surface area contributed by atoms with E-state index in [0.29, 0.717) is 44.5 Å². The van der Waals surface area contributed by atoms with E-state index >= 15 is 0 Å². The van der Waals surface area contributed by atoms with Crippen LogP contribution in [0.2, 0.25) is 0 Å². The van der Waals surface area contributed by atoms with Crippen molar-refractivity contribution in [3.05, 3.63) is 106 Å². The number of aryl methyl sites for hydroxylation is 2. The number of fused-ring (bicyclic) bond motifs is 3. The van der Waals surface area contributed by atoms with Crippen LogP contribution in [-0.2, 0) is 79.9 Å². The van der Waals surface area contributed by atoms with Crippen LogP contribution in [0.4, 0.5) is 0 Å². The molecule has 326 valence electrons. The first-order chi connectivity index (χ1) is 28.6. The summed E-state index contributed by atoms with van der Waals surface area (Å²) in [5, 5.41) is 0. The van der Waals surface area contributed by atoms with Gasteiger partial charge in [0.1, 0.15) is 6.61 Å². The molecule has 0 saturated carbocycles. The third kappa shape index (κ3) is 13.8. The fourth-order valence-electron chi connectivity index (χ4n) is 6.68. The van der Waals surface area contributed by atoms with Crippen molar-refractivity contribution in [1.82, 2.24) is 0 Å². The minimum atomic E-state index is -0.560. The molecule has 0 radical (unpaired) electrons. The second-order valence-electron chi connectivity index (χ2n) is 17.4. The maximum Gasteiger partial charge on any atom is 0.344 e. The number of carbonyl (C=O) groups is 5. The van der Waals surface area contributed by atoms with E-state index in [2.05, 4.69) is 42.5 Å². The van der Waals surface area contributed by atoms with Gasteiger partial charge in [0, 0.05) is 0 Å². The third-order valence-electron chi connectivity index (χ3n) is 12.2. The zero-order valence-electron chi connectivity index (χ0n) is 37.1. The lowest BCUT2D eigenvalue weighted by molar-refractivity contribution is -0.164. The van der Waals surface area contributed by atoms with Gasteiger partial charge in [0.25, 0.3) is 0 Å². The van der Waals surface area contributed by atoms with Crippen LogP contribution in [-0.4, -0.2) is 56.3 Å². The van der Waals surface area contributed by atoms with Gasteiger partial charge in [-0.2, -0.15) is 0 Å². The summed E-state index contributed by atoms with van der Waals surface area (Å²) >= 11 is 0. The summed E-state index contributed by atoms with van der Waals surface area (Å²) in [7, 11) is 0. The standard InChI is InChI=1S/C18H24O4.C17H22O4.C15H20O2/c1-4-18(2,3)17(20)22-12-16(19)21-10-9-14-11-13-7-5-6-8-15(13)14;1-3-12(2)17(19)21-11-16(18)20-9-8-14-10-13-6-4-5-7-15(13)14;1-4-15(2,3)14(16)17-10-11-5-6-12-7-8-13(12)9-11/h5-8,14H,4,9-12H2,1-3H3;4-7,12,14H,3,8-11H2,1-2H3;5-6,9H,4,7-8,10H2,1-3H3. The minimum Gasteiger partial charge on any atom is -0.463 e. The molecule has 0 heterocycles. The second kappa shape index (κ2) is 22.6. The molecule has 0 amide bonds. The number of carbonyl (C=O) groups excluding carboxylic acids is 5. The first kappa shape index (κ1) is 47.7. The zero-order valence-corrected chi connectivity index (χ0v) is 37.1. The fraction of sp³-hybridized carbons (Fsp3) is 0.540. The summed E-state index contributed by atoms with van der Waals surface area (Å²) in [4.78, 5) is 58.1. The summed E-state index contributed by atoms with van der Waals surface area (Å²) in [5.74, 6) is -0.983. The number of hydrogen-bond acceptors (Lipinski definition) is 10. The van der Waals surface area contributed by atoms with Crippen molar-refractivity contribution >= 4 is 29.8 Å². The maximum atomic E-state index is 11.8. The molecule has 3 aromatic carbocycles. The van der Waals surface area contributed by atoms with Crippen LogP contribution in [0.1, 0.15) is 138 Å². The molecule has 60 heavy (non-hydrogen) atoms. The highest BCUT2D eigenvalue weighted by molar-refractivity contribution is 5.80. The number of rotatable bonds is 18. The van der Waals surface area contributed by atoms with Gasteiger partial charge in [-0.25, -0.2) is 9.59 Å². The van der Waals surface area contributed by atoms with Crippen molar-refractivity contribution in [3.63, 3.8) is 0 Å². The largest absolute Gasteiger partial charge is 0.463 e. The number of benzene rings is 3. The Labute approximate surface area is 357 Å². The highest BCUT2D eigenvalue weighted by Crippen LogP contribution is 2.38. The van der Waals surface area contributed by atoms with Crippen LogP contribution < -0.4 is 0 Å². The van der Waals surface area contributed by atoms with Crippen molar-refractivity contribution in [1.29, 1.82) is 0 Å². The predicted molar refractivity (Wildman–Crippen MR) is 230 cm³/mol. The Morgan fingerprint density at radius 2 is 1.08 bits per heavy atom. The van der Waals surface area contributed by atoms with Gasteiger partial charge in [-0.1, -0.05) is 94.4 Å². The van der Waals surface area contributed by atoms with Crippen LogP contribution in [0.15, 0.2) is 66.7 Å². The van der Waals surface area contributed by atoms with Gasteiger partial charge < -0.3 is 23.7 Å². The van der Waals surface area contributed by atoms with E-state index in [-0.39, 0.29) is 42.5 Å². The van der Waals surface area contributed by atoms with E-state index in [0.717, 1.165) is 44.1 Å². The molecule has 3 aliphatic rings. The quantitative estimate of drug-likeness (QED) is 0.0903. The Morgan fingerprint density at radius 3 is 1.53 bits per heavy atom. The maximum absolute atomic E-state index is 11.8. The molecule has 6 rings (SSSR count). The van der Waals surface area contributed by atoms with Gasteiger partial charge in [0.15, 0.2) is 13.2 Å². The van der Waals surface area contributed by atoms with Crippen molar-refractivity contribution < 1.29 is 47.7 Å². The molecule has 0 bridgehead atoms. The lowest BCUT2D eigenvalue weighted by Crippen LogP contribution is -2.28. The molecule has 0 spiro atoms. The summed E-state index contributed by atoms with van der Waals surface area (Å²) in [6.07, 6.45) is 8.27. The molecule has 3 atom stereocenters. The van der Waals surface area contributed by atoms with Crippen molar-refractivity contribution in [2.45, 2.75) is 132 Å². The summed E-state index contributed by atoms with van der Waals surface area (Å²) < 4.78 is 25.5. The third-order valence-corrected chi connectivity index (χ3v) is 12.2. The van der Waals surface area contributed by atoms with E-state index in [1.165, 1.54) is 39.8 Å². The SMILES string of the molecule is CCC(C)(C)C(=O)OCC(=O)OCCC1Cc2ccccc21.CCC(C)(C)C(=O)OCc1ccc2c(c1)CC2.CCC(C)C(=O)OCC(=O)OCCC1Cc2ccccc21. The first-order valence-corrected chi connectivity index (χ1v) is 21.7. The average Bonchev–Trinajstić information content (AvgIpc) is 3.22. The number of ether oxygens (including phenoxy) is 5. The Balaban J connectivity index is 0.000000200. The summed E-state index contributed by atoms with van der Waals surface area (Å²) in [6, 6.07) is 23.0. The topological polar surface area (TPSA) is 132 Å². The van der Waals surface area contributed by atoms with Crippen molar-refractivity contribution in [2.24, 2.45) is 16.7 Å². The molecule has 3 aromatic rings. The lowest BCUT2D eigenvalue weighted by Gasteiger charge is -2.29. The van der Waals surface area contributed by atoms with Gasteiger partial charge in [-0.05, 0) is 136 Å². The Hall–Kier alpha value is -4.99. The van der Waals surface area contributed by atoms with E-state index in [1.807, 2.05) is 58.9 Å². The minimum absolute atomic E-state index is 0.109. The predicted octanol–water partition coefficient (Wildman–Crippen LogP) is 9.35. The number of hydrogen-bond donors (Lipinski definition) is 0. The summed E-state index contributed by atoms with van der Waals surface area (Å²) in [5.41, 5.74) is 8.50. The average molecular weight is 827 g/mol. The molecule has 0 aromatic heterocycles. The monoisotopic (exact) mass is 826 g/mol. The second-order valence-corrected chi connectivity index (χ2v) is 17.4. The lowest BCUT2D eigenvalue weighted by atomic mass is 9.76. The van der Waals surface area contributed by atoms with Crippen LogP contribution in [0.5, 0.6) is 0 Å². The molecule has 0 N–H and O–H groups in total. The molecular weight excluding hydrogens is 761 g/mol. The molecule has 10 heteroatoms. The van der Waals surface area contributed by atoms with E-state index in [4.69, 9.17) is 23.7 Å². The van der Waals surface area contributed by atoms with Gasteiger partial charge in [-0.15, -0.1) is 0 Å². The van der Waals surface area contributed by atoms with Gasteiger partial charge >= 0.3 is 29.8 Å². The van der Waals surface area contributed by atoms with Gasteiger partial charge in [-0.3, -0.25) is 14.4 Å².